The van der Waals surface area contributed by atoms with Crippen molar-refractivity contribution < 1.29 is 4.42 Å². The van der Waals surface area contributed by atoms with Crippen LogP contribution in [0.15, 0.2) is 22.8 Å². The summed E-state index contributed by atoms with van der Waals surface area (Å²) in [5.74, 6) is 12.3. The smallest absolute Gasteiger partial charge is 0.177 e. The molecule has 0 atom stereocenters. The van der Waals surface area contributed by atoms with E-state index in [0.29, 0.717) is 5.76 Å². The van der Waals surface area contributed by atoms with E-state index in [1.165, 1.54) is 51.4 Å². The first-order valence-electron chi connectivity index (χ1n) is 7.46. The Morgan fingerprint density at radius 3 is 2.30 bits per heavy atom. The van der Waals surface area contributed by atoms with Crippen molar-refractivity contribution in [1.82, 2.24) is 0 Å². The van der Waals surface area contributed by atoms with Gasteiger partial charge < -0.3 is 4.42 Å². The molecule has 0 unspecified atom stereocenters. The summed E-state index contributed by atoms with van der Waals surface area (Å²) < 4.78 is 5.09. The minimum Gasteiger partial charge on any atom is -0.456 e. The van der Waals surface area contributed by atoms with Gasteiger partial charge in [-0.05, 0) is 36.3 Å². The van der Waals surface area contributed by atoms with Crippen molar-refractivity contribution in [2.24, 2.45) is 0 Å². The molecule has 1 nitrogen and oxygen atoms in total. The first-order chi connectivity index (χ1) is 9.43. The zero-order chi connectivity index (χ0) is 13.6. The van der Waals surface area contributed by atoms with Gasteiger partial charge in [0.25, 0.3) is 0 Å². The molecule has 1 heterocycles. The molecule has 0 aliphatic heterocycles. The molecule has 0 N–H and O–H groups in total. The summed E-state index contributed by atoms with van der Waals surface area (Å²) in [5.41, 5.74) is 0. The molecule has 0 saturated heterocycles. The molecule has 103 valence electrons. The first kappa shape index (κ1) is 20.0. The maximum Gasteiger partial charge on any atom is 0.177 e. The third kappa shape index (κ3) is 11.8. The fourth-order valence-corrected chi connectivity index (χ4v) is 1.90. The number of hydrogen-bond acceptors (Lipinski definition) is 1. The number of rotatable bonds is 8. The topological polar surface area (TPSA) is 13.1 Å². The Hall–Kier alpha value is 0.0364. The van der Waals surface area contributed by atoms with Gasteiger partial charge in [0.05, 0.1) is 6.26 Å². The number of unbranched alkanes of at least 4 members (excludes halogenated alkanes) is 8. The van der Waals surface area contributed by atoms with Crippen LogP contribution < -0.4 is 0 Å². The summed E-state index contributed by atoms with van der Waals surface area (Å²) >= 11 is 0. The molecule has 0 aliphatic rings. The van der Waals surface area contributed by atoms with E-state index in [9.17, 15) is 0 Å². The summed E-state index contributed by atoms with van der Waals surface area (Å²) in [6, 6.07) is 3.67. The van der Waals surface area contributed by atoms with E-state index < -0.39 is 0 Å². The Balaban J connectivity index is 0.00000361. The van der Waals surface area contributed by atoms with Gasteiger partial charge in [-0.1, -0.05) is 57.8 Å². The standard InChI is InChI=1S/C18H24O.K/c1-2-3-4-5-6-7-8-9-10-11-12-13-15-18-16-14-17-19-18;/h14,16-17H,2-10H2,1H3;. The van der Waals surface area contributed by atoms with Gasteiger partial charge in [-0.2, -0.15) is 0 Å². The van der Waals surface area contributed by atoms with Crippen molar-refractivity contribution in [3.63, 3.8) is 0 Å². The fraction of sp³-hybridized carbons (Fsp3) is 0.556. The van der Waals surface area contributed by atoms with E-state index in [-0.39, 0.29) is 51.4 Å². The third-order valence-corrected chi connectivity index (χ3v) is 3.01. The molecule has 0 saturated carbocycles. The minimum absolute atomic E-state index is 0. The Morgan fingerprint density at radius 1 is 0.950 bits per heavy atom. The molecule has 1 aromatic heterocycles. The van der Waals surface area contributed by atoms with Crippen molar-refractivity contribution >= 4 is 51.4 Å². The van der Waals surface area contributed by atoms with E-state index in [4.69, 9.17) is 4.42 Å². The Kier molecular flexibility index (Phi) is 15.5. The predicted octanol–water partition coefficient (Wildman–Crippen LogP) is 4.78. The predicted molar refractivity (Wildman–Crippen MR) is 86.3 cm³/mol. The monoisotopic (exact) mass is 295 g/mol. The molecule has 20 heavy (non-hydrogen) atoms. The van der Waals surface area contributed by atoms with Crippen LogP contribution in [0.2, 0.25) is 0 Å². The second kappa shape index (κ2) is 15.4. The SMILES string of the molecule is CCCCCCCCCCC#CC#Cc1ccco1.[K]. The van der Waals surface area contributed by atoms with Crippen LogP contribution in [-0.2, 0) is 0 Å². The van der Waals surface area contributed by atoms with E-state index in [1.54, 1.807) is 6.26 Å². The zero-order valence-corrected chi connectivity index (χ0v) is 16.1. The van der Waals surface area contributed by atoms with Gasteiger partial charge in [0, 0.05) is 57.8 Å². The summed E-state index contributed by atoms with van der Waals surface area (Å²) in [4.78, 5) is 0. The van der Waals surface area contributed by atoms with Crippen LogP contribution in [0.5, 0.6) is 0 Å². The molecule has 0 aromatic carbocycles. The van der Waals surface area contributed by atoms with Crippen molar-refractivity contribution in [2.75, 3.05) is 0 Å². The molecule has 0 bridgehead atoms. The summed E-state index contributed by atoms with van der Waals surface area (Å²) in [5, 5.41) is 0. The minimum atomic E-state index is 0. The molecule has 1 radical (unpaired) electrons. The zero-order valence-electron chi connectivity index (χ0n) is 13.0. The van der Waals surface area contributed by atoms with Gasteiger partial charge in [0.1, 0.15) is 0 Å². The number of furan rings is 1. The van der Waals surface area contributed by atoms with E-state index in [1.807, 2.05) is 12.1 Å². The average molecular weight is 295 g/mol. The van der Waals surface area contributed by atoms with E-state index >= 15 is 0 Å². The second-order valence-electron chi connectivity index (χ2n) is 4.75. The van der Waals surface area contributed by atoms with Crippen LogP contribution in [0.3, 0.4) is 0 Å². The molecule has 0 amide bonds. The van der Waals surface area contributed by atoms with Gasteiger partial charge in [-0.15, -0.1) is 0 Å². The van der Waals surface area contributed by atoms with Crippen molar-refractivity contribution in [3.8, 4) is 23.7 Å². The Morgan fingerprint density at radius 2 is 1.65 bits per heavy atom. The van der Waals surface area contributed by atoms with Gasteiger partial charge in [-0.3, -0.25) is 0 Å². The van der Waals surface area contributed by atoms with Gasteiger partial charge in [0.2, 0.25) is 0 Å². The fourth-order valence-electron chi connectivity index (χ4n) is 1.90. The van der Waals surface area contributed by atoms with Gasteiger partial charge >= 0.3 is 0 Å². The van der Waals surface area contributed by atoms with Gasteiger partial charge in [-0.25, -0.2) is 0 Å². The van der Waals surface area contributed by atoms with Crippen LogP contribution in [-0.4, -0.2) is 51.4 Å². The Labute approximate surface area is 166 Å². The second-order valence-corrected chi connectivity index (χ2v) is 4.75. The van der Waals surface area contributed by atoms with Crippen molar-refractivity contribution in [3.05, 3.63) is 24.2 Å². The summed E-state index contributed by atoms with van der Waals surface area (Å²) in [7, 11) is 0. The van der Waals surface area contributed by atoms with E-state index in [2.05, 4.69) is 30.6 Å². The van der Waals surface area contributed by atoms with Crippen LogP contribution in [0.25, 0.3) is 0 Å². The quantitative estimate of drug-likeness (QED) is 0.382. The van der Waals surface area contributed by atoms with Crippen LogP contribution in [0, 0.1) is 23.7 Å². The molecule has 0 spiro atoms. The summed E-state index contributed by atoms with van der Waals surface area (Å²) in [6.07, 6.45) is 13.3. The van der Waals surface area contributed by atoms with Crippen molar-refractivity contribution in [1.29, 1.82) is 0 Å². The largest absolute Gasteiger partial charge is 0.456 e. The molecular weight excluding hydrogens is 271 g/mol. The van der Waals surface area contributed by atoms with Gasteiger partial charge in [0.15, 0.2) is 5.76 Å². The first-order valence-corrected chi connectivity index (χ1v) is 7.46. The molecule has 0 aliphatic carbocycles. The van der Waals surface area contributed by atoms with Crippen LogP contribution in [0.4, 0.5) is 0 Å². The van der Waals surface area contributed by atoms with Crippen LogP contribution in [0.1, 0.15) is 70.5 Å². The van der Waals surface area contributed by atoms with Crippen molar-refractivity contribution in [2.45, 2.75) is 64.7 Å². The molecule has 2 heteroatoms. The third-order valence-electron chi connectivity index (χ3n) is 3.01. The maximum atomic E-state index is 5.09. The molecule has 0 fully saturated rings. The normalized spacial score (nSPS) is 8.85. The van der Waals surface area contributed by atoms with Crippen LogP contribution >= 0.6 is 0 Å². The molecule has 1 rings (SSSR count). The molecule has 1 aromatic rings. The average Bonchev–Trinajstić information content (AvgIpc) is 2.93. The van der Waals surface area contributed by atoms with E-state index in [0.717, 1.165) is 6.42 Å². The Bertz CT molecular complexity index is 425. The maximum absolute atomic E-state index is 5.09. The summed E-state index contributed by atoms with van der Waals surface area (Å²) in [6.45, 7) is 2.26. The molecular formula is C18H24KO. The number of hydrogen-bond donors (Lipinski definition) is 0.